The molecule has 0 aromatic heterocycles. The summed E-state index contributed by atoms with van der Waals surface area (Å²) < 4.78 is 70.7. The Labute approximate surface area is 165 Å². The van der Waals surface area contributed by atoms with E-state index in [-0.39, 0.29) is 6.42 Å². The number of alkyl halides is 3. The Morgan fingerprint density at radius 3 is 2.61 bits per heavy atom. The number of hydrogen-bond acceptors (Lipinski definition) is 4. The maximum absolute atomic E-state index is 12.3. The van der Waals surface area contributed by atoms with Gasteiger partial charge in [-0.3, -0.25) is 4.18 Å². The number of hydrogen-bond donors (Lipinski definition) is 0. The standard InChI is InChI=1S/C19H16ClF3O4S/c1-26-18-10-13(20)5-7-17(18)16-4-2-3-12-9-14(6-8-15(12)16)28(24,25)27-11-19(21,22)23/h2-5,7-10,14H,6,11H2,1H3. The minimum absolute atomic E-state index is 0.000108. The molecule has 2 aromatic carbocycles. The Bertz CT molecular complexity index is 1110. The van der Waals surface area contributed by atoms with Crippen LogP contribution in [0.1, 0.15) is 6.42 Å². The summed E-state index contributed by atoms with van der Waals surface area (Å²) in [5.41, 5.74) is 1.57. The number of benzene rings is 2. The first-order valence-corrected chi connectivity index (χ1v) is 10.1. The van der Waals surface area contributed by atoms with Gasteiger partial charge in [0, 0.05) is 10.6 Å². The van der Waals surface area contributed by atoms with Crippen LogP contribution < -0.4 is 15.2 Å². The zero-order valence-corrected chi connectivity index (χ0v) is 16.2. The number of methoxy groups -OCH3 is 1. The molecule has 0 bridgehead atoms. The van der Waals surface area contributed by atoms with Gasteiger partial charge in [0.05, 0.1) is 7.11 Å². The van der Waals surface area contributed by atoms with Crippen molar-refractivity contribution >= 4 is 33.9 Å². The Balaban J connectivity index is 2.02. The van der Waals surface area contributed by atoms with Crippen molar-refractivity contribution < 1.29 is 30.5 Å². The average Bonchev–Trinajstić information content (AvgIpc) is 2.65. The van der Waals surface area contributed by atoms with E-state index in [2.05, 4.69) is 4.18 Å². The van der Waals surface area contributed by atoms with E-state index in [1.165, 1.54) is 13.2 Å². The molecule has 9 heteroatoms. The molecule has 3 rings (SSSR count). The second-order valence-electron chi connectivity index (χ2n) is 6.17. The minimum atomic E-state index is -4.72. The van der Waals surface area contributed by atoms with Gasteiger partial charge >= 0.3 is 6.18 Å². The smallest absolute Gasteiger partial charge is 0.413 e. The zero-order valence-electron chi connectivity index (χ0n) is 14.7. The van der Waals surface area contributed by atoms with Gasteiger partial charge in [0.1, 0.15) is 11.0 Å². The van der Waals surface area contributed by atoms with Gasteiger partial charge in [-0.05, 0) is 40.6 Å². The highest BCUT2D eigenvalue weighted by Crippen LogP contribution is 2.30. The summed E-state index contributed by atoms with van der Waals surface area (Å²) in [4.78, 5) is 0. The molecule has 0 heterocycles. The Morgan fingerprint density at radius 2 is 1.93 bits per heavy atom. The molecular formula is C19H16ClF3O4S. The molecule has 0 N–H and O–H groups in total. The molecule has 0 spiro atoms. The van der Waals surface area contributed by atoms with Crippen molar-refractivity contribution in [3.63, 3.8) is 0 Å². The van der Waals surface area contributed by atoms with E-state index in [1.54, 1.807) is 36.4 Å². The topological polar surface area (TPSA) is 52.6 Å². The Hall–Kier alpha value is -2.03. The molecule has 2 aromatic rings. The molecule has 4 nitrogen and oxygen atoms in total. The summed E-state index contributed by atoms with van der Waals surface area (Å²) in [6.07, 6.45) is -1.63. The molecule has 0 radical (unpaired) electrons. The molecule has 1 aliphatic rings. The number of rotatable bonds is 5. The predicted octanol–water partition coefficient (Wildman–Crippen LogP) is 3.26. The van der Waals surface area contributed by atoms with Gasteiger partial charge in [-0.2, -0.15) is 21.6 Å². The maximum Gasteiger partial charge on any atom is 0.413 e. The fraction of sp³-hybridized carbons (Fsp3) is 0.263. The van der Waals surface area contributed by atoms with Crippen LogP contribution in [0, 0.1) is 0 Å². The van der Waals surface area contributed by atoms with E-state index in [1.807, 2.05) is 6.07 Å². The largest absolute Gasteiger partial charge is 0.496 e. The molecule has 28 heavy (non-hydrogen) atoms. The van der Waals surface area contributed by atoms with Crippen LogP contribution in [0.4, 0.5) is 13.2 Å². The first-order chi connectivity index (χ1) is 13.1. The van der Waals surface area contributed by atoms with E-state index in [4.69, 9.17) is 16.3 Å². The molecule has 1 aliphatic carbocycles. The van der Waals surface area contributed by atoms with Gasteiger partial charge in [0.2, 0.25) is 0 Å². The van der Waals surface area contributed by atoms with E-state index in [9.17, 15) is 21.6 Å². The van der Waals surface area contributed by atoms with E-state index in [0.29, 0.717) is 16.0 Å². The lowest BCUT2D eigenvalue weighted by Gasteiger charge is -2.17. The van der Waals surface area contributed by atoms with Gasteiger partial charge < -0.3 is 4.74 Å². The highest BCUT2D eigenvalue weighted by Gasteiger charge is 2.34. The van der Waals surface area contributed by atoms with Gasteiger partial charge in [-0.25, -0.2) is 0 Å². The SMILES string of the molecule is COc1cc(Cl)ccc1-c1cccc2c1=CCC(S(=O)(=O)OCC(F)(F)F)C=2. The fourth-order valence-corrected chi connectivity index (χ4v) is 4.30. The zero-order chi connectivity index (χ0) is 20.5. The van der Waals surface area contributed by atoms with Crippen molar-refractivity contribution in [1.29, 1.82) is 0 Å². The first kappa shape index (κ1) is 20.7. The van der Waals surface area contributed by atoms with Crippen molar-refractivity contribution in [2.75, 3.05) is 13.7 Å². The molecule has 0 saturated carbocycles. The highest BCUT2D eigenvalue weighted by molar-refractivity contribution is 7.87. The van der Waals surface area contributed by atoms with Gasteiger partial charge in [0.15, 0.2) is 6.61 Å². The third kappa shape index (κ3) is 4.51. The molecule has 0 amide bonds. The van der Waals surface area contributed by atoms with E-state index < -0.39 is 28.2 Å². The average molecular weight is 433 g/mol. The van der Waals surface area contributed by atoms with Gasteiger partial charge in [-0.1, -0.05) is 42.0 Å². The van der Waals surface area contributed by atoms with Crippen LogP contribution in [0.25, 0.3) is 23.3 Å². The van der Waals surface area contributed by atoms with Crippen LogP contribution in [-0.2, 0) is 14.3 Å². The third-order valence-corrected chi connectivity index (χ3v) is 6.02. The lowest BCUT2D eigenvalue weighted by molar-refractivity contribution is -0.152. The monoisotopic (exact) mass is 432 g/mol. The van der Waals surface area contributed by atoms with Gasteiger partial charge in [-0.15, -0.1) is 0 Å². The molecule has 1 atom stereocenters. The third-order valence-electron chi connectivity index (χ3n) is 4.27. The maximum atomic E-state index is 12.3. The second kappa shape index (κ2) is 7.77. The summed E-state index contributed by atoms with van der Waals surface area (Å²) in [5.74, 6) is 0.553. The van der Waals surface area contributed by atoms with Crippen LogP contribution in [0.2, 0.25) is 5.02 Å². The van der Waals surface area contributed by atoms with E-state index in [0.717, 1.165) is 16.3 Å². The van der Waals surface area contributed by atoms with Crippen molar-refractivity contribution in [1.82, 2.24) is 0 Å². The molecule has 0 fully saturated rings. The van der Waals surface area contributed by atoms with Crippen LogP contribution >= 0.6 is 11.6 Å². The molecule has 0 aliphatic heterocycles. The number of halogens is 4. The highest BCUT2D eigenvalue weighted by atomic mass is 35.5. The Kier molecular flexibility index (Phi) is 5.74. The summed E-state index contributed by atoms with van der Waals surface area (Å²) in [7, 11) is -2.89. The summed E-state index contributed by atoms with van der Waals surface area (Å²) >= 11 is 6.00. The number of fused-ring (bicyclic) bond motifs is 1. The summed E-state index contributed by atoms with van der Waals surface area (Å²) in [5, 5.41) is 0.675. The normalized spacial score (nSPS) is 16.7. The molecule has 0 saturated heterocycles. The minimum Gasteiger partial charge on any atom is -0.496 e. The second-order valence-corrected chi connectivity index (χ2v) is 8.43. The van der Waals surface area contributed by atoms with Crippen LogP contribution in [-0.4, -0.2) is 33.6 Å². The lowest BCUT2D eigenvalue weighted by atomic mass is 9.97. The fourth-order valence-electron chi connectivity index (χ4n) is 3.02. The first-order valence-electron chi connectivity index (χ1n) is 8.21. The Morgan fingerprint density at radius 1 is 1.18 bits per heavy atom. The van der Waals surface area contributed by atoms with Gasteiger partial charge in [0.25, 0.3) is 10.1 Å². The van der Waals surface area contributed by atoms with Crippen molar-refractivity contribution in [3.8, 4) is 16.9 Å². The molecule has 150 valence electrons. The number of ether oxygens (including phenoxy) is 1. The quantitative estimate of drug-likeness (QED) is 0.681. The van der Waals surface area contributed by atoms with Crippen molar-refractivity contribution in [2.24, 2.45) is 0 Å². The lowest BCUT2D eigenvalue weighted by Crippen LogP contribution is -2.36. The van der Waals surface area contributed by atoms with Crippen LogP contribution in [0.15, 0.2) is 36.4 Å². The van der Waals surface area contributed by atoms with Crippen molar-refractivity contribution in [2.45, 2.75) is 17.8 Å². The molecule has 1 unspecified atom stereocenters. The van der Waals surface area contributed by atoms with E-state index >= 15 is 0 Å². The van der Waals surface area contributed by atoms with Crippen LogP contribution in [0.5, 0.6) is 5.75 Å². The summed E-state index contributed by atoms with van der Waals surface area (Å²) in [6, 6.07) is 10.5. The van der Waals surface area contributed by atoms with Crippen LogP contribution in [0.3, 0.4) is 0 Å². The molecular weight excluding hydrogens is 417 g/mol. The predicted molar refractivity (Wildman–Crippen MR) is 101 cm³/mol. The summed E-state index contributed by atoms with van der Waals surface area (Å²) in [6.45, 7) is -1.84. The van der Waals surface area contributed by atoms with Crippen molar-refractivity contribution in [3.05, 3.63) is 51.9 Å².